The molecule has 8 nitrogen and oxygen atoms in total. The van der Waals surface area contributed by atoms with Crippen LogP contribution >= 0.6 is 0 Å². The van der Waals surface area contributed by atoms with Gasteiger partial charge >= 0.3 is 0 Å². The number of aromatic nitrogens is 1. The first-order valence-corrected chi connectivity index (χ1v) is 11.3. The molecule has 2 aromatic rings. The molecule has 0 bridgehead atoms. The third-order valence-corrected chi connectivity index (χ3v) is 5.60. The molecule has 0 spiro atoms. The van der Waals surface area contributed by atoms with Crippen LogP contribution in [0.15, 0.2) is 33.8 Å². The predicted molar refractivity (Wildman–Crippen MR) is 129 cm³/mol. The van der Waals surface area contributed by atoms with E-state index in [1.54, 1.807) is 14.2 Å². The SMILES string of the molecule is CCNC(=NCc1cc(C(CC)CC)no1)NCC(c1ccc(OC)c(OC)c1)N(C)C. The zero-order valence-corrected chi connectivity index (χ0v) is 20.6. The monoisotopic (exact) mass is 445 g/mol. The van der Waals surface area contributed by atoms with Crippen LogP contribution in [-0.2, 0) is 6.54 Å². The number of likely N-dealkylation sites (N-methyl/N-ethyl adjacent to an activating group) is 1. The normalized spacial score (nSPS) is 12.8. The van der Waals surface area contributed by atoms with Crippen molar-refractivity contribution in [2.24, 2.45) is 4.99 Å². The lowest BCUT2D eigenvalue weighted by molar-refractivity contribution is 0.295. The molecule has 1 aromatic carbocycles. The summed E-state index contributed by atoms with van der Waals surface area (Å²) in [6.07, 6.45) is 2.11. The van der Waals surface area contributed by atoms with Crippen molar-refractivity contribution in [3.63, 3.8) is 0 Å². The number of nitrogens with zero attached hydrogens (tertiary/aromatic N) is 3. The zero-order valence-electron chi connectivity index (χ0n) is 20.6. The van der Waals surface area contributed by atoms with E-state index in [1.807, 2.05) is 18.2 Å². The highest BCUT2D eigenvalue weighted by molar-refractivity contribution is 5.79. The van der Waals surface area contributed by atoms with Gasteiger partial charge in [0, 0.05) is 25.1 Å². The Kier molecular flexibility index (Phi) is 10.3. The van der Waals surface area contributed by atoms with Crippen LogP contribution in [0.2, 0.25) is 0 Å². The van der Waals surface area contributed by atoms with E-state index >= 15 is 0 Å². The van der Waals surface area contributed by atoms with Crippen LogP contribution in [0.25, 0.3) is 0 Å². The first-order chi connectivity index (χ1) is 15.5. The van der Waals surface area contributed by atoms with Crippen molar-refractivity contribution in [1.29, 1.82) is 0 Å². The summed E-state index contributed by atoms with van der Waals surface area (Å²) < 4.78 is 16.4. The Labute approximate surface area is 192 Å². The van der Waals surface area contributed by atoms with Gasteiger partial charge in [0.05, 0.1) is 26.0 Å². The van der Waals surface area contributed by atoms with E-state index in [9.17, 15) is 0 Å². The van der Waals surface area contributed by atoms with Gasteiger partial charge in [-0.1, -0.05) is 25.1 Å². The number of methoxy groups -OCH3 is 2. The van der Waals surface area contributed by atoms with Gasteiger partial charge in [0.25, 0.3) is 0 Å². The first kappa shape index (κ1) is 25.5. The van der Waals surface area contributed by atoms with Crippen LogP contribution in [0.1, 0.15) is 62.6 Å². The minimum Gasteiger partial charge on any atom is -0.493 e. The number of guanidine groups is 1. The Hall–Kier alpha value is -2.74. The summed E-state index contributed by atoms with van der Waals surface area (Å²) in [5.74, 6) is 3.38. The van der Waals surface area contributed by atoms with Crippen molar-refractivity contribution < 1.29 is 14.0 Å². The number of rotatable bonds is 12. The molecule has 0 aliphatic carbocycles. The fourth-order valence-corrected chi connectivity index (χ4v) is 3.65. The number of nitrogens with one attached hydrogen (secondary N) is 2. The van der Waals surface area contributed by atoms with Gasteiger partial charge in [0.15, 0.2) is 23.2 Å². The minimum absolute atomic E-state index is 0.116. The molecular formula is C24H39N5O3. The highest BCUT2D eigenvalue weighted by Gasteiger charge is 2.18. The lowest BCUT2D eigenvalue weighted by Crippen LogP contribution is -2.41. The van der Waals surface area contributed by atoms with Crippen LogP contribution in [0, 0.1) is 0 Å². The van der Waals surface area contributed by atoms with Gasteiger partial charge in [-0.15, -0.1) is 0 Å². The largest absolute Gasteiger partial charge is 0.493 e. The standard InChI is InChI=1S/C24H39N5O3/c1-8-17(9-2)20-14-19(32-28-20)15-26-24(25-10-3)27-16-21(29(4)5)18-11-12-22(30-6)23(13-18)31-7/h11-14,17,21H,8-10,15-16H2,1-7H3,(H2,25,26,27). The van der Waals surface area contributed by atoms with Crippen LogP contribution in [0.5, 0.6) is 11.5 Å². The summed E-state index contributed by atoms with van der Waals surface area (Å²) in [6, 6.07) is 8.15. The van der Waals surface area contributed by atoms with Crippen molar-refractivity contribution in [3.05, 3.63) is 41.3 Å². The Morgan fingerprint density at radius 2 is 1.78 bits per heavy atom. The second kappa shape index (κ2) is 13.0. The lowest BCUT2D eigenvalue weighted by Gasteiger charge is -2.26. The maximum absolute atomic E-state index is 5.51. The van der Waals surface area contributed by atoms with Gasteiger partial charge in [0.2, 0.25) is 0 Å². The van der Waals surface area contributed by atoms with Gasteiger partial charge in [-0.05, 0) is 51.6 Å². The molecule has 0 saturated heterocycles. The molecule has 0 radical (unpaired) electrons. The summed E-state index contributed by atoms with van der Waals surface area (Å²) in [5, 5.41) is 11.0. The summed E-state index contributed by atoms with van der Waals surface area (Å²) in [4.78, 5) is 6.85. The average Bonchev–Trinajstić information content (AvgIpc) is 3.26. The lowest BCUT2D eigenvalue weighted by atomic mass is 9.99. The molecule has 2 N–H and O–H groups in total. The van der Waals surface area contributed by atoms with E-state index in [2.05, 4.69) is 61.6 Å². The number of hydrogen-bond acceptors (Lipinski definition) is 6. The molecule has 1 aromatic heterocycles. The predicted octanol–water partition coefficient (Wildman–Crippen LogP) is 3.95. The van der Waals surface area contributed by atoms with E-state index in [0.29, 0.717) is 19.0 Å². The summed E-state index contributed by atoms with van der Waals surface area (Å²) >= 11 is 0. The highest BCUT2D eigenvalue weighted by atomic mass is 16.5. The maximum Gasteiger partial charge on any atom is 0.191 e. The number of ether oxygens (including phenoxy) is 2. The fraction of sp³-hybridized carbons (Fsp3) is 0.583. The molecule has 1 atom stereocenters. The number of hydrogen-bond donors (Lipinski definition) is 2. The molecule has 8 heteroatoms. The second-order valence-corrected chi connectivity index (χ2v) is 7.90. The van der Waals surface area contributed by atoms with Crippen molar-refractivity contribution in [2.75, 3.05) is 41.4 Å². The van der Waals surface area contributed by atoms with E-state index in [4.69, 9.17) is 19.0 Å². The maximum atomic E-state index is 5.51. The van der Waals surface area contributed by atoms with Crippen LogP contribution in [0.4, 0.5) is 0 Å². The molecule has 2 rings (SSSR count). The first-order valence-electron chi connectivity index (χ1n) is 11.3. The zero-order chi connectivity index (χ0) is 23.5. The van der Waals surface area contributed by atoms with Crippen molar-refractivity contribution >= 4 is 5.96 Å². The van der Waals surface area contributed by atoms with Crippen LogP contribution in [-0.4, -0.2) is 57.4 Å². The molecule has 0 aliphatic heterocycles. The molecule has 0 fully saturated rings. The Bertz CT molecular complexity index is 846. The van der Waals surface area contributed by atoms with Crippen molar-refractivity contribution in [3.8, 4) is 11.5 Å². The van der Waals surface area contributed by atoms with Gasteiger partial charge in [-0.3, -0.25) is 0 Å². The van der Waals surface area contributed by atoms with Gasteiger partial charge in [-0.2, -0.15) is 0 Å². The van der Waals surface area contributed by atoms with Gasteiger partial charge < -0.3 is 29.5 Å². The van der Waals surface area contributed by atoms with Crippen molar-refractivity contribution in [2.45, 2.75) is 52.1 Å². The van der Waals surface area contributed by atoms with E-state index in [1.165, 1.54) is 0 Å². The topological polar surface area (TPSA) is 84.2 Å². The third kappa shape index (κ3) is 6.88. The van der Waals surface area contributed by atoms with E-state index < -0.39 is 0 Å². The number of benzene rings is 1. The number of aliphatic imine (C=N–C) groups is 1. The van der Waals surface area contributed by atoms with Gasteiger partial charge in [0.1, 0.15) is 6.54 Å². The van der Waals surface area contributed by atoms with E-state index in [0.717, 1.165) is 53.9 Å². The third-order valence-electron chi connectivity index (χ3n) is 5.60. The molecule has 1 unspecified atom stereocenters. The van der Waals surface area contributed by atoms with E-state index in [-0.39, 0.29) is 6.04 Å². The van der Waals surface area contributed by atoms with Gasteiger partial charge in [-0.25, -0.2) is 4.99 Å². The molecule has 1 heterocycles. The van der Waals surface area contributed by atoms with Crippen molar-refractivity contribution in [1.82, 2.24) is 20.7 Å². The highest BCUT2D eigenvalue weighted by Crippen LogP contribution is 2.31. The Balaban J connectivity index is 2.10. The molecular weight excluding hydrogens is 406 g/mol. The van der Waals surface area contributed by atoms with Crippen LogP contribution in [0.3, 0.4) is 0 Å². The molecule has 0 aliphatic rings. The Morgan fingerprint density at radius 1 is 1.06 bits per heavy atom. The molecule has 0 amide bonds. The molecule has 178 valence electrons. The second-order valence-electron chi connectivity index (χ2n) is 7.90. The Morgan fingerprint density at radius 3 is 2.38 bits per heavy atom. The summed E-state index contributed by atoms with van der Waals surface area (Å²) in [5.41, 5.74) is 2.14. The summed E-state index contributed by atoms with van der Waals surface area (Å²) in [6.45, 7) is 8.27. The molecule has 0 saturated carbocycles. The van der Waals surface area contributed by atoms with Crippen LogP contribution < -0.4 is 20.1 Å². The smallest absolute Gasteiger partial charge is 0.191 e. The minimum atomic E-state index is 0.116. The quantitative estimate of drug-likeness (QED) is 0.378. The molecule has 32 heavy (non-hydrogen) atoms. The summed E-state index contributed by atoms with van der Waals surface area (Å²) in [7, 11) is 7.41. The fourth-order valence-electron chi connectivity index (χ4n) is 3.65. The average molecular weight is 446 g/mol.